The highest BCUT2D eigenvalue weighted by atomic mass is 79.9. The molecule has 0 aromatic heterocycles. The summed E-state index contributed by atoms with van der Waals surface area (Å²) in [7, 11) is 0. The molecule has 3 aromatic rings. The zero-order valence-electron chi connectivity index (χ0n) is 19.4. The predicted octanol–water partition coefficient (Wildman–Crippen LogP) is 6.16. The number of halogens is 1. The number of carbonyl (C=O) groups is 1. The van der Waals surface area contributed by atoms with Gasteiger partial charge in [-0.05, 0) is 65.9 Å². The molecular formula is C27H29BrN2O3. The predicted molar refractivity (Wildman–Crippen MR) is 136 cm³/mol. The van der Waals surface area contributed by atoms with E-state index in [0.29, 0.717) is 12.4 Å². The van der Waals surface area contributed by atoms with Gasteiger partial charge >= 0.3 is 0 Å². The fourth-order valence-electron chi connectivity index (χ4n) is 3.07. The highest BCUT2D eigenvalue weighted by Gasteiger charge is 2.20. The molecule has 6 heteroatoms. The number of ether oxygens (including phenoxy) is 2. The van der Waals surface area contributed by atoms with Gasteiger partial charge in [-0.15, -0.1) is 0 Å². The molecule has 0 aliphatic heterocycles. The molecule has 0 heterocycles. The van der Waals surface area contributed by atoms with E-state index in [1.54, 1.807) is 6.21 Å². The van der Waals surface area contributed by atoms with Gasteiger partial charge in [-0.25, -0.2) is 5.43 Å². The van der Waals surface area contributed by atoms with Gasteiger partial charge < -0.3 is 9.47 Å². The molecule has 0 bridgehead atoms. The number of hydrogen-bond acceptors (Lipinski definition) is 4. The van der Waals surface area contributed by atoms with Gasteiger partial charge in [0.2, 0.25) is 0 Å². The number of benzene rings is 3. The number of nitrogens with one attached hydrogen (secondary N) is 1. The molecule has 3 rings (SSSR count). The highest BCUT2D eigenvalue weighted by Crippen LogP contribution is 2.33. The second-order valence-electron chi connectivity index (χ2n) is 8.82. The molecule has 3 aromatic carbocycles. The molecular weight excluding hydrogens is 480 g/mol. The van der Waals surface area contributed by atoms with Crippen LogP contribution in [0.1, 0.15) is 43.0 Å². The zero-order valence-corrected chi connectivity index (χ0v) is 21.0. The van der Waals surface area contributed by atoms with Crippen LogP contribution in [0.25, 0.3) is 0 Å². The lowest BCUT2D eigenvalue weighted by Gasteiger charge is -2.23. The maximum Gasteiger partial charge on any atom is 0.277 e. The summed E-state index contributed by atoms with van der Waals surface area (Å²) < 4.78 is 12.5. The first-order chi connectivity index (χ1) is 15.7. The molecule has 33 heavy (non-hydrogen) atoms. The highest BCUT2D eigenvalue weighted by molar-refractivity contribution is 9.10. The standard InChI is InChI=1S/C27H29BrN2O3/c1-19-5-7-21(8-6-19)17-32-23-12-9-20(10-13-23)16-29-30-26(31)18-33-25-14-11-22(28)15-24(25)27(2,3)4/h5-16H,17-18H2,1-4H3,(H,30,31)/b29-16+. The van der Waals surface area contributed by atoms with Gasteiger partial charge in [0.05, 0.1) is 6.21 Å². The van der Waals surface area contributed by atoms with Crippen molar-refractivity contribution < 1.29 is 14.3 Å². The second-order valence-corrected chi connectivity index (χ2v) is 9.73. The molecule has 0 saturated heterocycles. The molecule has 172 valence electrons. The number of nitrogens with zero attached hydrogens (tertiary/aromatic N) is 1. The van der Waals surface area contributed by atoms with Crippen LogP contribution in [0.3, 0.4) is 0 Å². The summed E-state index contributed by atoms with van der Waals surface area (Å²) in [5, 5.41) is 4.02. The van der Waals surface area contributed by atoms with Crippen molar-refractivity contribution in [2.24, 2.45) is 5.10 Å². The maximum atomic E-state index is 12.2. The lowest BCUT2D eigenvalue weighted by atomic mass is 9.86. The second kappa shape index (κ2) is 11.1. The van der Waals surface area contributed by atoms with E-state index in [1.807, 2.05) is 42.5 Å². The fourth-order valence-corrected chi connectivity index (χ4v) is 3.43. The molecule has 0 radical (unpaired) electrons. The van der Waals surface area contributed by atoms with Crippen LogP contribution in [0, 0.1) is 6.92 Å². The lowest BCUT2D eigenvalue weighted by Crippen LogP contribution is -2.25. The third kappa shape index (κ3) is 7.75. The van der Waals surface area contributed by atoms with Crippen LogP contribution >= 0.6 is 15.9 Å². The molecule has 1 N–H and O–H groups in total. The van der Waals surface area contributed by atoms with E-state index in [-0.39, 0.29) is 17.9 Å². The minimum absolute atomic E-state index is 0.107. The summed E-state index contributed by atoms with van der Waals surface area (Å²) in [4.78, 5) is 12.2. The average molecular weight is 509 g/mol. The van der Waals surface area contributed by atoms with Crippen LogP contribution in [0.15, 0.2) is 76.3 Å². The van der Waals surface area contributed by atoms with E-state index < -0.39 is 0 Å². The molecule has 0 spiro atoms. The summed E-state index contributed by atoms with van der Waals surface area (Å²) in [6.07, 6.45) is 1.59. The Bertz CT molecular complexity index is 1100. The number of aryl methyl sites for hydroxylation is 1. The Labute approximate surface area is 204 Å². The van der Waals surface area contributed by atoms with Crippen molar-refractivity contribution in [3.05, 3.63) is 93.5 Å². The maximum absolute atomic E-state index is 12.2. The van der Waals surface area contributed by atoms with Crippen molar-refractivity contribution in [2.45, 2.75) is 39.7 Å². The van der Waals surface area contributed by atoms with E-state index >= 15 is 0 Å². The van der Waals surface area contributed by atoms with E-state index in [0.717, 1.165) is 26.9 Å². The monoisotopic (exact) mass is 508 g/mol. The SMILES string of the molecule is Cc1ccc(COc2ccc(/C=N/NC(=O)COc3ccc(Br)cc3C(C)(C)C)cc2)cc1. The van der Waals surface area contributed by atoms with Gasteiger partial charge in [0.1, 0.15) is 18.1 Å². The summed E-state index contributed by atoms with van der Waals surface area (Å²) >= 11 is 3.49. The summed E-state index contributed by atoms with van der Waals surface area (Å²) in [6, 6.07) is 21.6. The van der Waals surface area contributed by atoms with Crippen LogP contribution in [0.4, 0.5) is 0 Å². The van der Waals surface area contributed by atoms with Crippen LogP contribution in [0.2, 0.25) is 0 Å². The Balaban J connectivity index is 1.47. The van der Waals surface area contributed by atoms with Crippen molar-refractivity contribution in [2.75, 3.05) is 6.61 Å². The van der Waals surface area contributed by atoms with Crippen molar-refractivity contribution in [1.82, 2.24) is 5.43 Å². The van der Waals surface area contributed by atoms with E-state index in [2.05, 4.69) is 78.4 Å². The third-order valence-electron chi connectivity index (χ3n) is 4.92. The van der Waals surface area contributed by atoms with Crippen LogP contribution in [-0.4, -0.2) is 18.7 Å². The third-order valence-corrected chi connectivity index (χ3v) is 5.41. The Kier molecular flexibility index (Phi) is 8.28. The molecule has 5 nitrogen and oxygen atoms in total. The number of amides is 1. The summed E-state index contributed by atoms with van der Waals surface area (Å²) in [5.74, 6) is 1.13. The summed E-state index contributed by atoms with van der Waals surface area (Å²) in [5.41, 5.74) is 6.61. The molecule has 0 unspecified atom stereocenters. The molecule has 0 saturated carbocycles. The number of hydrogen-bond donors (Lipinski definition) is 1. The average Bonchev–Trinajstić information content (AvgIpc) is 2.78. The zero-order chi connectivity index (χ0) is 23.8. The van der Waals surface area contributed by atoms with Gasteiger partial charge in [-0.2, -0.15) is 5.10 Å². The molecule has 0 fully saturated rings. The number of rotatable bonds is 8. The normalized spacial score (nSPS) is 11.4. The van der Waals surface area contributed by atoms with Gasteiger partial charge in [-0.1, -0.05) is 66.5 Å². The summed E-state index contributed by atoms with van der Waals surface area (Å²) in [6.45, 7) is 8.76. The van der Waals surface area contributed by atoms with Gasteiger partial charge in [0.25, 0.3) is 5.91 Å². The quantitative estimate of drug-likeness (QED) is 0.292. The van der Waals surface area contributed by atoms with Crippen LogP contribution in [0.5, 0.6) is 11.5 Å². The van der Waals surface area contributed by atoms with E-state index in [9.17, 15) is 4.79 Å². The van der Waals surface area contributed by atoms with Gasteiger partial charge in [0, 0.05) is 10.0 Å². The Morgan fingerprint density at radius 1 is 1.00 bits per heavy atom. The fraction of sp³-hybridized carbons (Fsp3) is 0.259. The lowest BCUT2D eigenvalue weighted by molar-refractivity contribution is -0.123. The first-order valence-electron chi connectivity index (χ1n) is 10.7. The van der Waals surface area contributed by atoms with E-state index in [1.165, 1.54) is 5.56 Å². The van der Waals surface area contributed by atoms with Crippen molar-refractivity contribution >= 4 is 28.1 Å². The Morgan fingerprint density at radius 2 is 1.70 bits per heavy atom. The minimum Gasteiger partial charge on any atom is -0.489 e. The minimum atomic E-state index is -0.327. The number of carbonyl (C=O) groups excluding carboxylic acids is 1. The molecule has 0 atom stereocenters. The molecule has 0 aliphatic carbocycles. The van der Waals surface area contributed by atoms with Gasteiger partial charge in [0.15, 0.2) is 6.61 Å². The number of hydrazone groups is 1. The van der Waals surface area contributed by atoms with Crippen LogP contribution in [-0.2, 0) is 16.8 Å². The Hall–Kier alpha value is -3.12. The van der Waals surface area contributed by atoms with Crippen LogP contribution < -0.4 is 14.9 Å². The smallest absolute Gasteiger partial charge is 0.277 e. The van der Waals surface area contributed by atoms with Crippen molar-refractivity contribution in [1.29, 1.82) is 0 Å². The topological polar surface area (TPSA) is 59.9 Å². The first-order valence-corrected chi connectivity index (χ1v) is 11.5. The largest absolute Gasteiger partial charge is 0.489 e. The Morgan fingerprint density at radius 3 is 2.36 bits per heavy atom. The van der Waals surface area contributed by atoms with Crippen molar-refractivity contribution in [3.63, 3.8) is 0 Å². The molecule has 0 aliphatic rings. The molecule has 1 amide bonds. The first kappa shape index (κ1) is 24.5. The van der Waals surface area contributed by atoms with E-state index in [4.69, 9.17) is 9.47 Å². The van der Waals surface area contributed by atoms with Gasteiger partial charge in [-0.3, -0.25) is 4.79 Å². The van der Waals surface area contributed by atoms with Crippen molar-refractivity contribution in [3.8, 4) is 11.5 Å².